The zero-order valence-corrected chi connectivity index (χ0v) is 12.8. The number of benzene rings is 1. The summed E-state index contributed by atoms with van der Waals surface area (Å²) in [5, 5.41) is 2.72. The van der Waals surface area contributed by atoms with Crippen molar-refractivity contribution in [3.05, 3.63) is 28.7 Å². The Kier molecular flexibility index (Phi) is 7.98. The van der Waals surface area contributed by atoms with E-state index in [1.807, 2.05) is 31.2 Å². The number of hydrogen-bond donors (Lipinski definition) is 2. The van der Waals surface area contributed by atoms with Crippen LogP contribution in [-0.4, -0.2) is 24.6 Å². The smallest absolute Gasteiger partial charge is 0.236 e. The average Bonchev–Trinajstić information content (AvgIpc) is 2.29. The van der Waals surface area contributed by atoms with Crippen molar-refractivity contribution in [3.63, 3.8) is 0 Å². The number of hydrogen-bond acceptors (Lipinski definition) is 3. The molecule has 0 spiro atoms. The number of carbonyl (C=O) groups excluding carboxylic acids is 1. The minimum absolute atomic E-state index is 0. The van der Waals surface area contributed by atoms with Crippen LogP contribution in [0.5, 0.6) is 5.75 Å². The number of rotatable bonds is 5. The van der Waals surface area contributed by atoms with Crippen LogP contribution in [0.4, 0.5) is 0 Å². The van der Waals surface area contributed by atoms with Crippen molar-refractivity contribution in [1.29, 1.82) is 0 Å². The van der Waals surface area contributed by atoms with E-state index in [2.05, 4.69) is 21.2 Å². The van der Waals surface area contributed by atoms with E-state index in [0.29, 0.717) is 6.54 Å². The summed E-state index contributed by atoms with van der Waals surface area (Å²) in [6, 6.07) is 7.09. The van der Waals surface area contributed by atoms with E-state index in [1.165, 1.54) is 0 Å². The van der Waals surface area contributed by atoms with Crippen LogP contribution in [0.1, 0.15) is 13.8 Å². The Morgan fingerprint density at radius 2 is 2.06 bits per heavy atom. The molecule has 1 aromatic carbocycles. The van der Waals surface area contributed by atoms with Gasteiger partial charge >= 0.3 is 0 Å². The number of para-hydroxylation sites is 1. The molecule has 0 radical (unpaired) electrons. The molecule has 3 N–H and O–H groups in total. The summed E-state index contributed by atoms with van der Waals surface area (Å²) >= 11 is 3.40. The molecule has 0 bridgehead atoms. The van der Waals surface area contributed by atoms with Crippen LogP contribution in [0.25, 0.3) is 0 Å². The van der Waals surface area contributed by atoms with Crippen LogP contribution in [-0.2, 0) is 4.79 Å². The van der Waals surface area contributed by atoms with E-state index in [4.69, 9.17) is 10.5 Å². The van der Waals surface area contributed by atoms with Gasteiger partial charge in [-0.2, -0.15) is 0 Å². The summed E-state index contributed by atoms with van der Waals surface area (Å²) in [6.45, 7) is 3.97. The van der Waals surface area contributed by atoms with Crippen molar-refractivity contribution in [3.8, 4) is 5.75 Å². The van der Waals surface area contributed by atoms with Gasteiger partial charge in [0.2, 0.25) is 5.91 Å². The van der Waals surface area contributed by atoms with Gasteiger partial charge in [-0.05, 0) is 41.9 Å². The Hall–Kier alpha value is -0.780. The maximum atomic E-state index is 11.3. The van der Waals surface area contributed by atoms with E-state index in [9.17, 15) is 4.79 Å². The first-order valence-corrected chi connectivity index (χ1v) is 6.24. The number of halogens is 2. The summed E-state index contributed by atoms with van der Waals surface area (Å²) in [6.07, 6.45) is -0.114. The van der Waals surface area contributed by atoms with Crippen molar-refractivity contribution in [2.24, 2.45) is 5.73 Å². The van der Waals surface area contributed by atoms with E-state index in [-0.39, 0.29) is 24.4 Å². The first-order valence-electron chi connectivity index (χ1n) is 5.45. The second kappa shape index (κ2) is 8.34. The highest BCUT2D eigenvalue weighted by Crippen LogP contribution is 2.24. The van der Waals surface area contributed by atoms with Crippen LogP contribution in [0, 0.1) is 0 Å². The Balaban J connectivity index is 0.00000289. The summed E-state index contributed by atoms with van der Waals surface area (Å²) in [5.41, 5.74) is 5.44. The third-order valence-corrected chi connectivity index (χ3v) is 2.80. The molecule has 0 aliphatic heterocycles. The predicted octanol–water partition coefficient (Wildman–Crippen LogP) is 2.10. The zero-order chi connectivity index (χ0) is 12.8. The van der Waals surface area contributed by atoms with Crippen molar-refractivity contribution in [2.45, 2.75) is 26.0 Å². The number of carbonyl (C=O) groups is 1. The van der Waals surface area contributed by atoms with Gasteiger partial charge in [0, 0.05) is 0 Å². The van der Waals surface area contributed by atoms with Crippen molar-refractivity contribution in [1.82, 2.24) is 5.32 Å². The van der Waals surface area contributed by atoms with E-state index in [1.54, 1.807) is 6.92 Å². The zero-order valence-electron chi connectivity index (χ0n) is 10.4. The average molecular weight is 338 g/mol. The van der Waals surface area contributed by atoms with Crippen LogP contribution < -0.4 is 15.8 Å². The number of nitrogens with two attached hydrogens (primary N) is 1. The summed E-state index contributed by atoms with van der Waals surface area (Å²) in [7, 11) is 0. The van der Waals surface area contributed by atoms with Crippen LogP contribution >= 0.6 is 28.3 Å². The van der Waals surface area contributed by atoms with E-state index >= 15 is 0 Å². The maximum Gasteiger partial charge on any atom is 0.236 e. The monoisotopic (exact) mass is 336 g/mol. The molecule has 102 valence electrons. The molecule has 6 heteroatoms. The fraction of sp³-hybridized carbons (Fsp3) is 0.417. The molecule has 1 unspecified atom stereocenters. The van der Waals surface area contributed by atoms with Gasteiger partial charge in [-0.1, -0.05) is 12.1 Å². The molecule has 0 aliphatic carbocycles. The largest absolute Gasteiger partial charge is 0.488 e. The highest BCUT2D eigenvalue weighted by atomic mass is 79.9. The molecular weight excluding hydrogens is 320 g/mol. The summed E-state index contributed by atoms with van der Waals surface area (Å²) in [5.74, 6) is 0.586. The van der Waals surface area contributed by atoms with E-state index < -0.39 is 6.04 Å². The second-order valence-electron chi connectivity index (χ2n) is 3.89. The Labute approximate surface area is 122 Å². The minimum Gasteiger partial charge on any atom is -0.488 e. The van der Waals surface area contributed by atoms with Gasteiger partial charge < -0.3 is 15.8 Å². The molecule has 0 saturated heterocycles. The van der Waals surface area contributed by atoms with Crippen LogP contribution in [0.15, 0.2) is 28.7 Å². The molecule has 0 aliphatic rings. The fourth-order valence-corrected chi connectivity index (χ4v) is 1.58. The SMILES string of the molecule is CC(CNC(=O)[C@@H](C)N)Oc1ccccc1Br.Cl. The molecule has 0 saturated carbocycles. The molecule has 1 rings (SSSR count). The molecule has 18 heavy (non-hydrogen) atoms. The lowest BCUT2D eigenvalue weighted by atomic mass is 10.3. The standard InChI is InChI=1S/C12H17BrN2O2.ClH/c1-8(7-15-12(16)9(2)14)17-11-6-4-3-5-10(11)13;/h3-6,8-9H,7,14H2,1-2H3,(H,15,16);1H/t8?,9-;/m1./s1. The summed E-state index contributed by atoms with van der Waals surface area (Å²) in [4.78, 5) is 11.3. The van der Waals surface area contributed by atoms with Gasteiger partial charge in [-0.25, -0.2) is 0 Å². The molecular formula is C12H18BrClN2O2. The van der Waals surface area contributed by atoms with Gasteiger partial charge in [-0.3, -0.25) is 4.79 Å². The lowest BCUT2D eigenvalue weighted by Gasteiger charge is -2.17. The van der Waals surface area contributed by atoms with Crippen molar-refractivity contribution < 1.29 is 9.53 Å². The van der Waals surface area contributed by atoms with Gasteiger partial charge in [-0.15, -0.1) is 12.4 Å². The topological polar surface area (TPSA) is 64.4 Å². The molecule has 0 fully saturated rings. The van der Waals surface area contributed by atoms with E-state index in [0.717, 1.165) is 10.2 Å². The third-order valence-electron chi connectivity index (χ3n) is 2.14. The Morgan fingerprint density at radius 1 is 1.44 bits per heavy atom. The summed E-state index contributed by atoms with van der Waals surface area (Å²) < 4.78 is 6.57. The van der Waals surface area contributed by atoms with Gasteiger partial charge in [0.25, 0.3) is 0 Å². The molecule has 0 aromatic heterocycles. The molecule has 1 amide bonds. The highest BCUT2D eigenvalue weighted by molar-refractivity contribution is 9.10. The lowest BCUT2D eigenvalue weighted by molar-refractivity contribution is -0.122. The normalized spacial score (nSPS) is 13.1. The first-order chi connectivity index (χ1) is 8.00. The number of amides is 1. The lowest BCUT2D eigenvalue weighted by Crippen LogP contribution is -2.42. The van der Waals surface area contributed by atoms with Crippen LogP contribution in [0.2, 0.25) is 0 Å². The molecule has 0 heterocycles. The minimum atomic E-state index is -0.495. The van der Waals surface area contributed by atoms with Crippen LogP contribution in [0.3, 0.4) is 0 Å². The number of nitrogens with one attached hydrogen (secondary N) is 1. The van der Waals surface area contributed by atoms with Gasteiger partial charge in [0.05, 0.1) is 17.1 Å². The maximum absolute atomic E-state index is 11.3. The van der Waals surface area contributed by atoms with Gasteiger partial charge in [0.15, 0.2) is 0 Å². The fourth-order valence-electron chi connectivity index (χ4n) is 1.20. The highest BCUT2D eigenvalue weighted by Gasteiger charge is 2.10. The Bertz CT molecular complexity index is 388. The quantitative estimate of drug-likeness (QED) is 0.865. The molecule has 2 atom stereocenters. The Morgan fingerprint density at radius 3 is 2.61 bits per heavy atom. The second-order valence-corrected chi connectivity index (χ2v) is 4.75. The molecule has 4 nitrogen and oxygen atoms in total. The van der Waals surface area contributed by atoms with Gasteiger partial charge in [0.1, 0.15) is 11.9 Å². The van der Waals surface area contributed by atoms with Crippen molar-refractivity contribution >= 4 is 34.2 Å². The molecule has 1 aromatic rings. The first kappa shape index (κ1) is 17.2. The number of ether oxygens (including phenoxy) is 1. The predicted molar refractivity (Wildman–Crippen MR) is 78.1 cm³/mol. The van der Waals surface area contributed by atoms with Crippen molar-refractivity contribution in [2.75, 3.05) is 6.54 Å². The third kappa shape index (κ3) is 5.71.